The van der Waals surface area contributed by atoms with Crippen LogP contribution in [0.3, 0.4) is 0 Å². The highest BCUT2D eigenvalue weighted by Crippen LogP contribution is 2.56. The van der Waals surface area contributed by atoms with Crippen molar-refractivity contribution in [2.24, 2.45) is 5.92 Å². The fourth-order valence-corrected chi connectivity index (χ4v) is 4.20. The van der Waals surface area contributed by atoms with E-state index >= 15 is 0 Å². The summed E-state index contributed by atoms with van der Waals surface area (Å²) in [6.45, 7) is 2.78. The standard InChI is InChI=1S/C12H13IN2O/c1-8-10(13)12(8)11(16)14-7-15(12)9-5-3-2-4-6-9/h2-6,8,10H,7H2,1H3,(H,14,16)/t8-,10+,12?/m0/s1. The van der Waals surface area contributed by atoms with Gasteiger partial charge >= 0.3 is 0 Å². The normalized spacial score (nSPS) is 36.6. The van der Waals surface area contributed by atoms with Crippen molar-refractivity contribution in [3.8, 4) is 0 Å². The van der Waals surface area contributed by atoms with E-state index in [9.17, 15) is 4.79 Å². The molecule has 1 aromatic carbocycles. The molecule has 0 aromatic heterocycles. The lowest BCUT2D eigenvalue weighted by atomic mass is 10.1. The predicted octanol–water partition coefficient (Wildman–Crippen LogP) is 1.77. The Morgan fingerprint density at radius 1 is 1.44 bits per heavy atom. The smallest absolute Gasteiger partial charge is 0.248 e. The highest BCUT2D eigenvalue weighted by molar-refractivity contribution is 14.1. The lowest BCUT2D eigenvalue weighted by Crippen LogP contribution is -2.39. The summed E-state index contributed by atoms with van der Waals surface area (Å²) < 4.78 is 0.410. The van der Waals surface area contributed by atoms with Crippen LogP contribution in [0, 0.1) is 5.92 Å². The van der Waals surface area contributed by atoms with E-state index in [4.69, 9.17) is 0 Å². The van der Waals surface area contributed by atoms with Crippen LogP contribution in [0.1, 0.15) is 6.92 Å². The zero-order chi connectivity index (χ0) is 11.3. The summed E-state index contributed by atoms with van der Waals surface area (Å²) in [5, 5.41) is 2.96. The molecule has 2 fully saturated rings. The van der Waals surface area contributed by atoms with Crippen LogP contribution in [0.25, 0.3) is 0 Å². The number of benzene rings is 1. The van der Waals surface area contributed by atoms with Crippen LogP contribution in [0.15, 0.2) is 30.3 Å². The zero-order valence-electron chi connectivity index (χ0n) is 8.98. The molecule has 1 heterocycles. The van der Waals surface area contributed by atoms with Gasteiger partial charge < -0.3 is 10.2 Å². The van der Waals surface area contributed by atoms with Gasteiger partial charge in [-0.25, -0.2) is 0 Å². The Hall–Kier alpha value is -0.780. The minimum Gasteiger partial charge on any atom is -0.338 e. The lowest BCUT2D eigenvalue weighted by Gasteiger charge is -2.24. The number of para-hydroxylation sites is 1. The first-order valence-corrected chi connectivity index (χ1v) is 6.68. The van der Waals surface area contributed by atoms with Gasteiger partial charge in [0.15, 0.2) is 0 Å². The van der Waals surface area contributed by atoms with Crippen molar-refractivity contribution < 1.29 is 4.79 Å². The van der Waals surface area contributed by atoms with Crippen molar-refractivity contribution >= 4 is 34.2 Å². The molecule has 1 unspecified atom stereocenters. The second-order valence-corrected chi connectivity index (χ2v) is 5.79. The number of alkyl halides is 1. The monoisotopic (exact) mass is 328 g/mol. The van der Waals surface area contributed by atoms with Crippen molar-refractivity contribution in [1.29, 1.82) is 0 Å². The number of carbonyl (C=O) groups is 1. The van der Waals surface area contributed by atoms with Crippen LogP contribution >= 0.6 is 22.6 Å². The molecule has 1 spiro atoms. The van der Waals surface area contributed by atoms with Gasteiger partial charge in [0, 0.05) is 15.5 Å². The van der Waals surface area contributed by atoms with Gasteiger partial charge in [-0.2, -0.15) is 0 Å². The SMILES string of the molecule is C[C@H]1[C@@H](I)C12C(=O)NCN2c1ccccc1. The topological polar surface area (TPSA) is 32.3 Å². The van der Waals surface area contributed by atoms with E-state index in [1.54, 1.807) is 0 Å². The highest BCUT2D eigenvalue weighted by Gasteiger charge is 2.72. The predicted molar refractivity (Wildman–Crippen MR) is 71.6 cm³/mol. The minimum absolute atomic E-state index is 0.184. The fourth-order valence-electron chi connectivity index (χ4n) is 2.68. The van der Waals surface area contributed by atoms with Crippen LogP contribution in [0.4, 0.5) is 5.69 Å². The van der Waals surface area contributed by atoms with E-state index in [1.165, 1.54) is 0 Å². The number of amides is 1. The molecule has 3 nitrogen and oxygen atoms in total. The van der Waals surface area contributed by atoms with E-state index in [0.29, 0.717) is 16.5 Å². The number of rotatable bonds is 1. The molecule has 1 aliphatic heterocycles. The summed E-state index contributed by atoms with van der Waals surface area (Å²) in [7, 11) is 0. The van der Waals surface area contributed by atoms with Gasteiger partial charge in [0.2, 0.25) is 5.91 Å². The van der Waals surface area contributed by atoms with Crippen LogP contribution in [0.2, 0.25) is 0 Å². The van der Waals surface area contributed by atoms with Gasteiger partial charge in [-0.1, -0.05) is 47.7 Å². The second kappa shape index (κ2) is 3.35. The Balaban J connectivity index is 2.01. The maximum Gasteiger partial charge on any atom is 0.248 e. The highest BCUT2D eigenvalue weighted by atomic mass is 127. The molecule has 4 heteroatoms. The summed E-state index contributed by atoms with van der Waals surface area (Å²) in [6, 6.07) is 10.2. The summed E-state index contributed by atoms with van der Waals surface area (Å²) in [5.41, 5.74) is 0.842. The fraction of sp³-hybridized carbons (Fsp3) is 0.417. The number of nitrogens with zero attached hydrogens (tertiary/aromatic N) is 1. The van der Waals surface area contributed by atoms with Gasteiger partial charge in [-0.3, -0.25) is 4.79 Å². The minimum atomic E-state index is -0.290. The van der Waals surface area contributed by atoms with Crippen LogP contribution < -0.4 is 10.2 Å². The van der Waals surface area contributed by atoms with Gasteiger partial charge in [0.1, 0.15) is 5.54 Å². The summed E-state index contributed by atoms with van der Waals surface area (Å²) in [5.74, 6) is 0.610. The van der Waals surface area contributed by atoms with Gasteiger partial charge in [0.05, 0.1) is 6.67 Å². The van der Waals surface area contributed by atoms with Crippen LogP contribution in [-0.4, -0.2) is 22.0 Å². The maximum atomic E-state index is 12.0. The van der Waals surface area contributed by atoms with Crippen LogP contribution in [0.5, 0.6) is 0 Å². The zero-order valence-corrected chi connectivity index (χ0v) is 11.1. The summed E-state index contributed by atoms with van der Waals surface area (Å²) in [4.78, 5) is 14.2. The van der Waals surface area contributed by atoms with E-state index in [2.05, 4.69) is 51.9 Å². The largest absolute Gasteiger partial charge is 0.338 e. The number of carbonyl (C=O) groups excluding carboxylic acids is 1. The molecule has 1 saturated heterocycles. The first-order valence-electron chi connectivity index (χ1n) is 5.44. The number of nitrogens with one attached hydrogen (secondary N) is 1. The van der Waals surface area contributed by atoms with Crippen molar-refractivity contribution in [3.05, 3.63) is 30.3 Å². The van der Waals surface area contributed by atoms with Crippen molar-refractivity contribution in [2.75, 3.05) is 11.6 Å². The van der Waals surface area contributed by atoms with Crippen LogP contribution in [-0.2, 0) is 4.79 Å². The average Bonchev–Trinajstić information content (AvgIpc) is 2.72. The molecule has 16 heavy (non-hydrogen) atoms. The third-order valence-corrected chi connectivity index (χ3v) is 5.75. The summed E-state index contributed by atoms with van der Waals surface area (Å²) >= 11 is 2.39. The molecular formula is C12H13IN2O. The first-order chi connectivity index (χ1) is 7.69. The Morgan fingerprint density at radius 3 is 2.62 bits per heavy atom. The molecule has 3 atom stereocenters. The number of hydrogen-bond donors (Lipinski definition) is 1. The molecule has 1 aromatic rings. The number of halogens is 1. The molecule has 2 aliphatic rings. The molecule has 0 bridgehead atoms. The van der Waals surface area contributed by atoms with Crippen molar-refractivity contribution in [2.45, 2.75) is 16.4 Å². The van der Waals surface area contributed by atoms with Gasteiger partial charge in [-0.15, -0.1) is 0 Å². The molecular weight excluding hydrogens is 315 g/mol. The molecule has 1 N–H and O–H groups in total. The Labute approximate surface area is 108 Å². The molecule has 1 amide bonds. The Morgan fingerprint density at radius 2 is 2.06 bits per heavy atom. The average molecular weight is 328 g/mol. The Kier molecular flexibility index (Phi) is 2.18. The van der Waals surface area contributed by atoms with E-state index in [1.807, 2.05) is 18.2 Å². The van der Waals surface area contributed by atoms with E-state index in [0.717, 1.165) is 5.69 Å². The number of hydrogen-bond acceptors (Lipinski definition) is 2. The quantitative estimate of drug-likeness (QED) is 0.630. The second-order valence-electron chi connectivity index (χ2n) is 4.44. The lowest BCUT2D eigenvalue weighted by molar-refractivity contribution is -0.121. The summed E-state index contributed by atoms with van der Waals surface area (Å²) in [6.07, 6.45) is 0. The van der Waals surface area contributed by atoms with Gasteiger partial charge in [0.25, 0.3) is 0 Å². The van der Waals surface area contributed by atoms with Crippen molar-refractivity contribution in [3.63, 3.8) is 0 Å². The maximum absolute atomic E-state index is 12.0. The van der Waals surface area contributed by atoms with E-state index < -0.39 is 0 Å². The van der Waals surface area contributed by atoms with E-state index in [-0.39, 0.29) is 11.4 Å². The molecule has 84 valence electrons. The molecule has 1 saturated carbocycles. The number of anilines is 1. The molecule has 3 rings (SSSR count). The first kappa shape index (κ1) is 10.4. The third-order valence-electron chi connectivity index (χ3n) is 3.72. The Bertz CT molecular complexity index is 426. The molecule has 0 radical (unpaired) electrons. The molecule has 1 aliphatic carbocycles. The van der Waals surface area contributed by atoms with Crippen molar-refractivity contribution in [1.82, 2.24) is 5.32 Å². The third kappa shape index (κ3) is 1.11. The van der Waals surface area contributed by atoms with Gasteiger partial charge in [-0.05, 0) is 12.1 Å².